The van der Waals surface area contributed by atoms with Crippen LogP contribution in [-0.4, -0.2) is 40.4 Å². The molecular formula is C19H19FN4O2. The molecule has 1 aliphatic carbocycles. The molecular weight excluding hydrogens is 335 g/mol. The van der Waals surface area contributed by atoms with Gasteiger partial charge in [-0.3, -0.25) is 0 Å². The van der Waals surface area contributed by atoms with Gasteiger partial charge in [-0.1, -0.05) is 0 Å². The van der Waals surface area contributed by atoms with Crippen molar-refractivity contribution in [2.45, 2.75) is 25.0 Å². The van der Waals surface area contributed by atoms with E-state index in [1.54, 1.807) is 18.3 Å². The largest absolute Gasteiger partial charge is 0.488 e. The minimum absolute atomic E-state index is 0.315. The fraction of sp³-hybridized carbons (Fsp3) is 0.421. The van der Waals surface area contributed by atoms with Gasteiger partial charge in [0, 0.05) is 25.5 Å². The van der Waals surface area contributed by atoms with Crippen molar-refractivity contribution in [2.24, 2.45) is 11.8 Å². The maximum Gasteiger partial charge on any atom is 0.183 e. The SMILES string of the molecule is N#Cc1nccnc1N1C[C@H]2C[C@@H](Oc3ccc(F)cc3)[C@H](O)C[C@H]2C1. The number of aromatic nitrogens is 2. The number of hydrogen-bond acceptors (Lipinski definition) is 6. The number of fused-ring (bicyclic) bond motifs is 1. The molecule has 4 rings (SSSR count). The average molecular weight is 354 g/mol. The van der Waals surface area contributed by atoms with E-state index in [4.69, 9.17) is 4.74 Å². The number of aliphatic hydroxyl groups is 1. The molecule has 0 spiro atoms. The summed E-state index contributed by atoms with van der Waals surface area (Å²) in [4.78, 5) is 10.5. The second kappa shape index (κ2) is 6.89. The maximum atomic E-state index is 13.0. The molecule has 2 fully saturated rings. The first-order valence-corrected chi connectivity index (χ1v) is 8.70. The third kappa shape index (κ3) is 3.20. The molecule has 6 nitrogen and oxygen atoms in total. The van der Waals surface area contributed by atoms with Crippen LogP contribution in [0.4, 0.5) is 10.2 Å². The van der Waals surface area contributed by atoms with Gasteiger partial charge in [-0.2, -0.15) is 5.26 Å². The van der Waals surface area contributed by atoms with Gasteiger partial charge >= 0.3 is 0 Å². The summed E-state index contributed by atoms with van der Waals surface area (Å²) in [5.74, 6) is 1.52. The second-order valence-corrected chi connectivity index (χ2v) is 6.91. The highest BCUT2D eigenvalue weighted by atomic mass is 19.1. The molecule has 0 amide bonds. The molecule has 0 radical (unpaired) electrons. The van der Waals surface area contributed by atoms with E-state index in [1.807, 2.05) is 0 Å². The number of benzene rings is 1. The fourth-order valence-corrected chi connectivity index (χ4v) is 4.02. The van der Waals surface area contributed by atoms with Gasteiger partial charge in [0.15, 0.2) is 11.5 Å². The Bertz CT molecular complexity index is 823. The number of anilines is 1. The zero-order valence-electron chi connectivity index (χ0n) is 14.1. The van der Waals surface area contributed by atoms with Crippen molar-refractivity contribution in [3.05, 3.63) is 48.2 Å². The van der Waals surface area contributed by atoms with Crippen molar-refractivity contribution < 1.29 is 14.2 Å². The highest BCUT2D eigenvalue weighted by Gasteiger charge is 2.43. The maximum absolute atomic E-state index is 13.0. The number of aliphatic hydroxyl groups excluding tert-OH is 1. The predicted molar refractivity (Wildman–Crippen MR) is 92.0 cm³/mol. The van der Waals surface area contributed by atoms with E-state index in [-0.39, 0.29) is 11.9 Å². The van der Waals surface area contributed by atoms with Crippen LogP contribution in [0.5, 0.6) is 5.75 Å². The van der Waals surface area contributed by atoms with Crippen LogP contribution in [0.1, 0.15) is 18.5 Å². The highest BCUT2D eigenvalue weighted by molar-refractivity contribution is 5.50. The minimum atomic E-state index is -0.571. The third-order valence-corrected chi connectivity index (χ3v) is 5.27. The minimum Gasteiger partial charge on any atom is -0.488 e. The van der Waals surface area contributed by atoms with Crippen LogP contribution in [0.15, 0.2) is 36.7 Å². The molecule has 1 N–H and O–H groups in total. The summed E-state index contributed by atoms with van der Waals surface area (Å²) in [6, 6.07) is 7.94. The van der Waals surface area contributed by atoms with Gasteiger partial charge in [0.2, 0.25) is 0 Å². The van der Waals surface area contributed by atoms with Gasteiger partial charge < -0.3 is 14.7 Å². The monoisotopic (exact) mass is 354 g/mol. The lowest BCUT2D eigenvalue weighted by Gasteiger charge is -2.35. The Morgan fingerprint density at radius 1 is 1.12 bits per heavy atom. The Balaban J connectivity index is 1.46. The van der Waals surface area contributed by atoms with Gasteiger partial charge in [-0.15, -0.1) is 0 Å². The molecule has 134 valence electrons. The van der Waals surface area contributed by atoms with Crippen LogP contribution in [0.2, 0.25) is 0 Å². The van der Waals surface area contributed by atoms with Gasteiger partial charge in [0.1, 0.15) is 23.7 Å². The van der Waals surface area contributed by atoms with E-state index in [9.17, 15) is 14.8 Å². The van der Waals surface area contributed by atoms with Crippen LogP contribution < -0.4 is 9.64 Å². The van der Waals surface area contributed by atoms with Crippen molar-refractivity contribution in [3.8, 4) is 11.8 Å². The first-order valence-electron chi connectivity index (χ1n) is 8.70. The number of nitrogens with zero attached hydrogens (tertiary/aromatic N) is 4. The molecule has 2 aromatic rings. The first kappa shape index (κ1) is 16.7. The summed E-state index contributed by atoms with van der Waals surface area (Å²) in [5.41, 5.74) is 0.325. The predicted octanol–water partition coefficient (Wildman–Crippen LogP) is 2.14. The number of hydrogen-bond donors (Lipinski definition) is 1. The van der Waals surface area contributed by atoms with E-state index in [0.29, 0.717) is 41.9 Å². The van der Waals surface area contributed by atoms with Crippen LogP contribution in [0.25, 0.3) is 0 Å². The summed E-state index contributed by atoms with van der Waals surface area (Å²) < 4.78 is 18.9. The summed E-state index contributed by atoms with van der Waals surface area (Å²) in [6.07, 6.45) is 3.56. The standard InChI is InChI=1S/C19H19FN4O2/c20-14-1-3-15(4-2-14)26-18-8-13-11-24(10-12(13)7-17(18)25)19-16(9-21)22-5-6-23-19/h1-6,12-13,17-18,25H,7-8,10-11H2/t12-,13+,17+,18+/m0/s1. The summed E-state index contributed by atoms with van der Waals surface area (Å²) in [6.45, 7) is 1.51. The smallest absolute Gasteiger partial charge is 0.183 e. The molecule has 0 bridgehead atoms. The molecule has 1 saturated carbocycles. The van der Waals surface area contributed by atoms with Crippen LogP contribution in [0, 0.1) is 29.0 Å². The lowest BCUT2D eigenvalue weighted by atomic mass is 9.78. The number of ether oxygens (including phenoxy) is 1. The van der Waals surface area contributed by atoms with Gasteiger partial charge in [-0.25, -0.2) is 14.4 Å². The van der Waals surface area contributed by atoms with Gasteiger partial charge in [0.05, 0.1) is 6.10 Å². The van der Waals surface area contributed by atoms with Crippen molar-refractivity contribution in [2.75, 3.05) is 18.0 Å². The van der Waals surface area contributed by atoms with Crippen molar-refractivity contribution in [1.29, 1.82) is 5.26 Å². The van der Waals surface area contributed by atoms with Gasteiger partial charge in [-0.05, 0) is 48.9 Å². The van der Waals surface area contributed by atoms with Crippen LogP contribution >= 0.6 is 0 Å². The number of nitriles is 1. The number of rotatable bonds is 3. The van der Waals surface area contributed by atoms with E-state index >= 15 is 0 Å². The fourth-order valence-electron chi connectivity index (χ4n) is 4.02. The average Bonchev–Trinajstić information content (AvgIpc) is 3.06. The molecule has 0 unspecified atom stereocenters. The van der Waals surface area contributed by atoms with Crippen molar-refractivity contribution >= 4 is 5.82 Å². The molecule has 1 aromatic carbocycles. The normalized spacial score (nSPS) is 27.7. The Kier molecular flexibility index (Phi) is 4.43. The second-order valence-electron chi connectivity index (χ2n) is 6.91. The quantitative estimate of drug-likeness (QED) is 0.909. The summed E-state index contributed by atoms with van der Waals surface area (Å²) >= 11 is 0. The lowest BCUT2D eigenvalue weighted by molar-refractivity contribution is -0.0231. The molecule has 2 heterocycles. The van der Waals surface area contributed by atoms with E-state index in [0.717, 1.165) is 13.1 Å². The zero-order valence-corrected chi connectivity index (χ0v) is 14.1. The summed E-state index contributed by atoms with van der Waals surface area (Å²) in [5, 5.41) is 19.7. The van der Waals surface area contributed by atoms with Crippen molar-refractivity contribution in [1.82, 2.24) is 9.97 Å². The van der Waals surface area contributed by atoms with E-state index in [1.165, 1.54) is 18.3 Å². The Morgan fingerprint density at radius 3 is 2.54 bits per heavy atom. The molecule has 26 heavy (non-hydrogen) atoms. The van der Waals surface area contributed by atoms with Crippen molar-refractivity contribution in [3.63, 3.8) is 0 Å². The lowest BCUT2D eigenvalue weighted by Crippen LogP contribution is -2.42. The molecule has 1 saturated heterocycles. The Morgan fingerprint density at radius 2 is 1.81 bits per heavy atom. The first-order chi connectivity index (χ1) is 12.6. The third-order valence-electron chi connectivity index (χ3n) is 5.27. The topological polar surface area (TPSA) is 82.3 Å². The number of halogens is 1. The molecule has 4 atom stereocenters. The Hall–Kier alpha value is -2.72. The molecule has 1 aromatic heterocycles. The van der Waals surface area contributed by atoms with E-state index < -0.39 is 6.10 Å². The molecule has 1 aliphatic heterocycles. The van der Waals surface area contributed by atoms with Gasteiger partial charge in [0.25, 0.3) is 0 Å². The van der Waals surface area contributed by atoms with Crippen LogP contribution in [-0.2, 0) is 0 Å². The molecule has 7 heteroatoms. The molecule has 2 aliphatic rings. The zero-order chi connectivity index (χ0) is 18.1. The Labute approximate surface area is 150 Å². The van der Waals surface area contributed by atoms with E-state index in [2.05, 4.69) is 20.9 Å². The summed E-state index contributed by atoms with van der Waals surface area (Å²) in [7, 11) is 0. The van der Waals surface area contributed by atoms with Crippen LogP contribution in [0.3, 0.4) is 0 Å². The highest BCUT2D eigenvalue weighted by Crippen LogP contribution is 2.39.